The zero-order valence-corrected chi connectivity index (χ0v) is 12.2. The minimum Gasteiger partial charge on any atom is -0.391 e. The molecular formula is C14H17FN2O3S. The topological polar surface area (TPSA) is 90.2 Å². The molecule has 0 amide bonds. The number of halogens is 1. The second kappa shape index (κ2) is 6.52. The first kappa shape index (κ1) is 15.9. The quantitative estimate of drug-likeness (QED) is 0.880. The van der Waals surface area contributed by atoms with Crippen LogP contribution in [-0.4, -0.2) is 25.7 Å². The molecule has 114 valence electrons. The third-order valence-electron chi connectivity index (χ3n) is 3.58. The summed E-state index contributed by atoms with van der Waals surface area (Å²) in [6.07, 6.45) is 2.15. The van der Waals surface area contributed by atoms with Gasteiger partial charge in [-0.05, 0) is 31.0 Å². The van der Waals surface area contributed by atoms with Gasteiger partial charge in [0.2, 0.25) is 10.0 Å². The van der Waals surface area contributed by atoms with Gasteiger partial charge in [0.25, 0.3) is 0 Å². The molecule has 1 aromatic carbocycles. The van der Waals surface area contributed by atoms with E-state index in [0.717, 1.165) is 18.9 Å². The number of benzene rings is 1. The Morgan fingerprint density at radius 3 is 2.76 bits per heavy atom. The molecule has 0 bridgehead atoms. The second-order valence-corrected chi connectivity index (χ2v) is 7.01. The summed E-state index contributed by atoms with van der Waals surface area (Å²) >= 11 is 0. The summed E-state index contributed by atoms with van der Waals surface area (Å²) in [4.78, 5) is 0. The van der Waals surface area contributed by atoms with Crippen LogP contribution in [-0.2, 0) is 15.8 Å². The van der Waals surface area contributed by atoms with Crippen molar-refractivity contribution in [2.75, 3.05) is 0 Å². The van der Waals surface area contributed by atoms with Crippen LogP contribution in [0.1, 0.15) is 36.8 Å². The minimum atomic E-state index is -3.77. The highest BCUT2D eigenvalue weighted by Gasteiger charge is 2.27. The maximum atomic E-state index is 13.6. The maximum absolute atomic E-state index is 13.6. The van der Waals surface area contributed by atoms with E-state index in [9.17, 15) is 17.9 Å². The zero-order valence-electron chi connectivity index (χ0n) is 11.4. The molecule has 2 N–H and O–H groups in total. The van der Waals surface area contributed by atoms with Crippen LogP contribution >= 0.6 is 0 Å². The highest BCUT2D eigenvalue weighted by molar-refractivity contribution is 7.88. The number of nitrogens with zero attached hydrogens (tertiary/aromatic N) is 1. The monoisotopic (exact) mass is 312 g/mol. The molecule has 0 spiro atoms. The van der Waals surface area contributed by atoms with Crippen LogP contribution < -0.4 is 4.72 Å². The van der Waals surface area contributed by atoms with Gasteiger partial charge in [-0.15, -0.1) is 0 Å². The van der Waals surface area contributed by atoms with Gasteiger partial charge < -0.3 is 5.11 Å². The van der Waals surface area contributed by atoms with E-state index in [4.69, 9.17) is 5.26 Å². The standard InChI is InChI=1S/C14H17FN2O3S/c15-12-6-5-10(8-16)7-11(12)9-21(19,20)17-13-3-1-2-4-14(13)18/h5-7,13-14,17-18H,1-4,9H2. The number of aliphatic hydroxyl groups excluding tert-OH is 1. The molecular weight excluding hydrogens is 295 g/mol. The number of hydrogen-bond acceptors (Lipinski definition) is 4. The van der Waals surface area contributed by atoms with Crippen LogP contribution in [0.3, 0.4) is 0 Å². The largest absolute Gasteiger partial charge is 0.391 e. The zero-order chi connectivity index (χ0) is 15.5. The number of hydrogen-bond donors (Lipinski definition) is 2. The highest BCUT2D eigenvalue weighted by atomic mass is 32.2. The molecule has 2 atom stereocenters. The molecule has 5 nitrogen and oxygen atoms in total. The first-order valence-electron chi connectivity index (χ1n) is 6.78. The average molecular weight is 312 g/mol. The van der Waals surface area contributed by atoms with E-state index < -0.39 is 33.7 Å². The van der Waals surface area contributed by atoms with Crippen molar-refractivity contribution in [3.05, 3.63) is 35.1 Å². The number of nitrogens with one attached hydrogen (secondary N) is 1. The Balaban J connectivity index is 2.12. The summed E-state index contributed by atoms with van der Waals surface area (Å²) in [5, 5.41) is 18.6. The SMILES string of the molecule is N#Cc1ccc(F)c(CS(=O)(=O)NC2CCCCC2O)c1. The summed E-state index contributed by atoms with van der Waals surface area (Å²) in [5.74, 6) is -1.21. The normalized spacial score (nSPS) is 22.7. The molecule has 1 aromatic rings. The third-order valence-corrected chi connectivity index (χ3v) is 4.93. The molecule has 0 saturated heterocycles. The fourth-order valence-electron chi connectivity index (χ4n) is 2.48. The van der Waals surface area contributed by atoms with Crippen molar-refractivity contribution in [1.29, 1.82) is 5.26 Å². The van der Waals surface area contributed by atoms with Gasteiger partial charge in [0.15, 0.2) is 0 Å². The lowest BCUT2D eigenvalue weighted by Gasteiger charge is -2.28. The van der Waals surface area contributed by atoms with Crippen molar-refractivity contribution in [3.8, 4) is 6.07 Å². The van der Waals surface area contributed by atoms with Crippen LogP contribution in [0, 0.1) is 17.1 Å². The average Bonchev–Trinajstić information content (AvgIpc) is 2.43. The summed E-state index contributed by atoms with van der Waals surface area (Å²) in [5.41, 5.74) is 0.158. The number of sulfonamides is 1. The summed E-state index contributed by atoms with van der Waals surface area (Å²) < 4.78 is 40.3. The van der Waals surface area contributed by atoms with Crippen LogP contribution in [0.2, 0.25) is 0 Å². The van der Waals surface area contributed by atoms with Gasteiger partial charge in [0, 0.05) is 11.6 Å². The predicted molar refractivity (Wildman–Crippen MR) is 75.1 cm³/mol. The lowest BCUT2D eigenvalue weighted by molar-refractivity contribution is 0.101. The van der Waals surface area contributed by atoms with E-state index >= 15 is 0 Å². The van der Waals surface area contributed by atoms with Crippen LogP contribution in [0.4, 0.5) is 4.39 Å². The van der Waals surface area contributed by atoms with E-state index in [1.807, 2.05) is 6.07 Å². The summed E-state index contributed by atoms with van der Waals surface area (Å²) in [7, 11) is -3.77. The summed E-state index contributed by atoms with van der Waals surface area (Å²) in [6, 6.07) is 4.93. The van der Waals surface area contributed by atoms with Gasteiger partial charge in [-0.2, -0.15) is 5.26 Å². The molecule has 7 heteroatoms. The first-order chi connectivity index (χ1) is 9.91. The molecule has 1 fully saturated rings. The highest BCUT2D eigenvalue weighted by Crippen LogP contribution is 2.20. The molecule has 0 aromatic heterocycles. The van der Waals surface area contributed by atoms with Crippen molar-refractivity contribution in [2.45, 2.75) is 43.6 Å². The van der Waals surface area contributed by atoms with Gasteiger partial charge in [-0.25, -0.2) is 17.5 Å². The van der Waals surface area contributed by atoms with E-state index in [1.54, 1.807) is 0 Å². The van der Waals surface area contributed by atoms with Crippen LogP contribution in [0.15, 0.2) is 18.2 Å². The van der Waals surface area contributed by atoms with Crippen molar-refractivity contribution in [2.24, 2.45) is 0 Å². The third kappa shape index (κ3) is 4.24. The van der Waals surface area contributed by atoms with Crippen molar-refractivity contribution < 1.29 is 17.9 Å². The number of nitriles is 1. The minimum absolute atomic E-state index is 0.0492. The Morgan fingerprint density at radius 1 is 1.38 bits per heavy atom. The van der Waals surface area contributed by atoms with Crippen LogP contribution in [0.25, 0.3) is 0 Å². The van der Waals surface area contributed by atoms with Crippen molar-refractivity contribution >= 4 is 10.0 Å². The molecule has 0 radical (unpaired) electrons. The Morgan fingerprint density at radius 2 is 2.10 bits per heavy atom. The van der Waals surface area contributed by atoms with Gasteiger partial charge in [0.1, 0.15) is 5.82 Å². The molecule has 1 saturated carbocycles. The predicted octanol–water partition coefficient (Wildman–Crippen LogP) is 1.42. The molecule has 1 aliphatic rings. The van der Waals surface area contributed by atoms with E-state index in [0.29, 0.717) is 12.8 Å². The van der Waals surface area contributed by atoms with E-state index in [1.165, 1.54) is 12.1 Å². The molecule has 0 heterocycles. The van der Waals surface area contributed by atoms with Crippen LogP contribution in [0.5, 0.6) is 0 Å². The lowest BCUT2D eigenvalue weighted by atomic mass is 9.93. The smallest absolute Gasteiger partial charge is 0.216 e. The first-order valence-corrected chi connectivity index (χ1v) is 8.43. The number of aliphatic hydroxyl groups is 1. The Labute approximate surface area is 123 Å². The molecule has 2 rings (SSSR count). The molecule has 2 unspecified atom stereocenters. The van der Waals surface area contributed by atoms with Crippen molar-refractivity contribution in [3.63, 3.8) is 0 Å². The lowest BCUT2D eigenvalue weighted by Crippen LogP contribution is -2.45. The van der Waals surface area contributed by atoms with E-state index in [-0.39, 0.29) is 11.1 Å². The number of rotatable bonds is 4. The molecule has 21 heavy (non-hydrogen) atoms. The Bertz CT molecular complexity index is 655. The fourth-order valence-corrected chi connectivity index (χ4v) is 3.93. The van der Waals surface area contributed by atoms with Gasteiger partial charge in [-0.1, -0.05) is 12.8 Å². The maximum Gasteiger partial charge on any atom is 0.216 e. The van der Waals surface area contributed by atoms with Gasteiger partial charge in [-0.3, -0.25) is 0 Å². The van der Waals surface area contributed by atoms with E-state index in [2.05, 4.69) is 4.72 Å². The molecule has 1 aliphatic carbocycles. The second-order valence-electron chi connectivity index (χ2n) is 5.25. The fraction of sp³-hybridized carbons (Fsp3) is 0.500. The Kier molecular flexibility index (Phi) is 4.93. The summed E-state index contributed by atoms with van der Waals surface area (Å²) in [6.45, 7) is 0. The van der Waals surface area contributed by atoms with Gasteiger partial charge in [0.05, 0.1) is 23.5 Å². The van der Waals surface area contributed by atoms with Crippen molar-refractivity contribution in [1.82, 2.24) is 4.72 Å². The Hall–Kier alpha value is -1.49. The molecule has 0 aliphatic heterocycles. The van der Waals surface area contributed by atoms with Gasteiger partial charge >= 0.3 is 0 Å².